The summed E-state index contributed by atoms with van der Waals surface area (Å²) in [7, 11) is -0.997. The molecule has 0 bridgehead atoms. The van der Waals surface area contributed by atoms with Crippen LogP contribution in [-0.4, -0.2) is 35.1 Å². The summed E-state index contributed by atoms with van der Waals surface area (Å²) in [5.74, 6) is 0.609. The Hall–Kier alpha value is -2.74. The zero-order valence-electron chi connectivity index (χ0n) is 14.8. The third-order valence-electron chi connectivity index (χ3n) is 4.27. The first kappa shape index (κ1) is 18.1. The van der Waals surface area contributed by atoms with Gasteiger partial charge in [0.15, 0.2) is 0 Å². The van der Waals surface area contributed by atoms with Gasteiger partial charge in [-0.25, -0.2) is 8.42 Å². The number of benzene rings is 2. The number of amides is 1. The van der Waals surface area contributed by atoms with E-state index in [2.05, 4.69) is 4.72 Å². The van der Waals surface area contributed by atoms with Crippen molar-refractivity contribution in [1.82, 2.24) is 0 Å². The summed E-state index contributed by atoms with van der Waals surface area (Å²) in [5.41, 5.74) is 2.18. The van der Waals surface area contributed by atoms with Gasteiger partial charge in [0, 0.05) is 30.9 Å². The van der Waals surface area contributed by atoms with E-state index in [4.69, 9.17) is 9.47 Å². The second-order valence-electron chi connectivity index (χ2n) is 5.89. The summed E-state index contributed by atoms with van der Waals surface area (Å²) in [6.45, 7) is 2.12. The van der Waals surface area contributed by atoms with Gasteiger partial charge in [0.25, 0.3) is 10.0 Å². The first-order valence-corrected chi connectivity index (χ1v) is 9.50. The maximum Gasteiger partial charge on any atom is 0.265 e. The Bertz CT molecular complexity index is 956. The van der Waals surface area contributed by atoms with Crippen molar-refractivity contribution >= 4 is 27.3 Å². The molecule has 26 heavy (non-hydrogen) atoms. The molecule has 0 aliphatic carbocycles. The van der Waals surface area contributed by atoms with Crippen LogP contribution >= 0.6 is 0 Å². The molecular formula is C18H20N2O5S. The molecule has 1 amide bonds. The van der Waals surface area contributed by atoms with Crippen LogP contribution < -0.4 is 19.1 Å². The van der Waals surface area contributed by atoms with Gasteiger partial charge in [0.2, 0.25) is 5.91 Å². The molecular weight excluding hydrogens is 356 g/mol. The van der Waals surface area contributed by atoms with Gasteiger partial charge in [-0.15, -0.1) is 0 Å². The molecule has 0 aromatic heterocycles. The van der Waals surface area contributed by atoms with Gasteiger partial charge in [-0.1, -0.05) is 0 Å². The SMILES string of the molecule is COc1ccc(OC)c(S(=O)(=O)Nc2ccc3c(c2)CCN3C(C)=O)c1. The van der Waals surface area contributed by atoms with E-state index < -0.39 is 10.0 Å². The largest absolute Gasteiger partial charge is 0.497 e. The van der Waals surface area contributed by atoms with Crippen molar-refractivity contribution in [3.63, 3.8) is 0 Å². The van der Waals surface area contributed by atoms with Crippen molar-refractivity contribution in [1.29, 1.82) is 0 Å². The molecule has 0 saturated carbocycles. The highest BCUT2D eigenvalue weighted by Crippen LogP contribution is 2.33. The zero-order chi connectivity index (χ0) is 18.9. The van der Waals surface area contributed by atoms with E-state index in [1.54, 1.807) is 35.2 Å². The normalized spacial score (nSPS) is 13.3. The van der Waals surface area contributed by atoms with E-state index in [9.17, 15) is 13.2 Å². The van der Waals surface area contributed by atoms with Gasteiger partial charge in [-0.2, -0.15) is 0 Å². The summed E-state index contributed by atoms with van der Waals surface area (Å²) in [5, 5.41) is 0. The molecule has 1 heterocycles. The van der Waals surface area contributed by atoms with Crippen LogP contribution in [-0.2, 0) is 21.2 Å². The monoisotopic (exact) mass is 376 g/mol. The predicted octanol–water partition coefficient (Wildman–Crippen LogP) is 2.41. The Labute approximate surface area is 152 Å². The summed E-state index contributed by atoms with van der Waals surface area (Å²) in [6.07, 6.45) is 0.687. The van der Waals surface area contributed by atoms with Crippen LogP contribution in [0, 0.1) is 0 Å². The van der Waals surface area contributed by atoms with Gasteiger partial charge in [0.05, 0.1) is 14.2 Å². The molecule has 0 atom stereocenters. The minimum Gasteiger partial charge on any atom is -0.497 e. The number of sulfonamides is 1. The van der Waals surface area contributed by atoms with Crippen molar-refractivity contribution in [3.8, 4) is 11.5 Å². The number of carbonyl (C=O) groups is 1. The quantitative estimate of drug-likeness (QED) is 0.866. The Morgan fingerprint density at radius 1 is 1.12 bits per heavy atom. The lowest BCUT2D eigenvalue weighted by Gasteiger charge is -2.16. The van der Waals surface area contributed by atoms with Gasteiger partial charge in [-0.05, 0) is 42.3 Å². The lowest BCUT2D eigenvalue weighted by molar-refractivity contribution is -0.116. The highest BCUT2D eigenvalue weighted by atomic mass is 32.2. The molecule has 138 valence electrons. The molecule has 7 nitrogen and oxygen atoms in total. The Kier molecular flexibility index (Phi) is 4.78. The highest BCUT2D eigenvalue weighted by Gasteiger charge is 2.24. The molecule has 2 aromatic rings. The number of hydrogen-bond donors (Lipinski definition) is 1. The first-order chi connectivity index (χ1) is 12.4. The van der Waals surface area contributed by atoms with Crippen LogP contribution in [0.5, 0.6) is 11.5 Å². The summed E-state index contributed by atoms with van der Waals surface area (Å²) >= 11 is 0. The summed E-state index contributed by atoms with van der Waals surface area (Å²) in [4.78, 5) is 13.3. The Morgan fingerprint density at radius 2 is 1.88 bits per heavy atom. The van der Waals surface area contributed by atoms with Gasteiger partial charge in [0.1, 0.15) is 16.4 Å². The molecule has 0 saturated heterocycles. The van der Waals surface area contributed by atoms with E-state index in [1.165, 1.54) is 27.2 Å². The van der Waals surface area contributed by atoms with Crippen molar-refractivity contribution in [2.75, 3.05) is 30.4 Å². The van der Waals surface area contributed by atoms with E-state index in [-0.39, 0.29) is 16.6 Å². The number of nitrogens with one attached hydrogen (secondary N) is 1. The van der Waals surface area contributed by atoms with Crippen LogP contribution in [0.3, 0.4) is 0 Å². The molecule has 0 spiro atoms. The molecule has 0 radical (unpaired) electrons. The minimum atomic E-state index is -3.87. The van der Waals surface area contributed by atoms with E-state index >= 15 is 0 Å². The van der Waals surface area contributed by atoms with Crippen LogP contribution in [0.1, 0.15) is 12.5 Å². The van der Waals surface area contributed by atoms with Crippen molar-refractivity contribution < 1.29 is 22.7 Å². The second kappa shape index (κ2) is 6.87. The number of fused-ring (bicyclic) bond motifs is 1. The van der Waals surface area contributed by atoms with Crippen LogP contribution in [0.15, 0.2) is 41.3 Å². The lowest BCUT2D eigenvalue weighted by atomic mass is 10.1. The Balaban J connectivity index is 1.93. The number of carbonyl (C=O) groups excluding carboxylic acids is 1. The summed E-state index contributed by atoms with van der Waals surface area (Å²) < 4.78 is 38.5. The number of methoxy groups -OCH3 is 2. The zero-order valence-corrected chi connectivity index (χ0v) is 15.6. The maximum atomic E-state index is 12.8. The number of hydrogen-bond acceptors (Lipinski definition) is 5. The van der Waals surface area contributed by atoms with Crippen molar-refractivity contribution in [3.05, 3.63) is 42.0 Å². The molecule has 8 heteroatoms. The van der Waals surface area contributed by atoms with Gasteiger partial charge < -0.3 is 14.4 Å². The van der Waals surface area contributed by atoms with Gasteiger partial charge >= 0.3 is 0 Å². The third-order valence-corrected chi connectivity index (χ3v) is 5.67. The molecule has 2 aromatic carbocycles. The number of rotatable bonds is 5. The average molecular weight is 376 g/mol. The topological polar surface area (TPSA) is 84.9 Å². The van der Waals surface area contributed by atoms with Crippen molar-refractivity contribution in [2.24, 2.45) is 0 Å². The smallest absolute Gasteiger partial charge is 0.265 e. The van der Waals surface area contributed by atoms with E-state index in [0.717, 1.165) is 11.3 Å². The van der Waals surface area contributed by atoms with Crippen LogP contribution in [0.4, 0.5) is 11.4 Å². The van der Waals surface area contributed by atoms with Crippen molar-refractivity contribution in [2.45, 2.75) is 18.2 Å². The summed E-state index contributed by atoms with van der Waals surface area (Å²) in [6, 6.07) is 9.73. The number of anilines is 2. The van der Waals surface area contributed by atoms with Crippen LogP contribution in [0.2, 0.25) is 0 Å². The predicted molar refractivity (Wildman–Crippen MR) is 98.5 cm³/mol. The molecule has 3 rings (SSSR count). The number of ether oxygens (including phenoxy) is 2. The number of nitrogens with zero attached hydrogens (tertiary/aromatic N) is 1. The highest BCUT2D eigenvalue weighted by molar-refractivity contribution is 7.92. The Morgan fingerprint density at radius 3 is 2.54 bits per heavy atom. The fraction of sp³-hybridized carbons (Fsp3) is 0.278. The van der Waals surface area contributed by atoms with E-state index in [0.29, 0.717) is 24.4 Å². The fourth-order valence-corrected chi connectivity index (χ4v) is 4.23. The average Bonchev–Trinajstić information content (AvgIpc) is 3.04. The third kappa shape index (κ3) is 3.32. The standard InChI is InChI=1S/C18H20N2O5S/c1-12(21)20-9-8-13-10-14(4-6-16(13)20)19-26(22,23)18-11-15(24-2)5-7-17(18)25-3/h4-7,10-11,19H,8-9H2,1-3H3. The minimum absolute atomic E-state index is 0.00906. The first-order valence-electron chi connectivity index (χ1n) is 8.01. The maximum absolute atomic E-state index is 12.8. The lowest BCUT2D eigenvalue weighted by Crippen LogP contribution is -2.25. The molecule has 1 aliphatic rings. The van der Waals surface area contributed by atoms with E-state index in [1.807, 2.05) is 0 Å². The van der Waals surface area contributed by atoms with Gasteiger partial charge in [-0.3, -0.25) is 9.52 Å². The molecule has 1 N–H and O–H groups in total. The molecule has 1 aliphatic heterocycles. The van der Waals surface area contributed by atoms with Crippen LogP contribution in [0.25, 0.3) is 0 Å². The molecule has 0 unspecified atom stereocenters. The molecule has 0 fully saturated rings. The second-order valence-corrected chi connectivity index (χ2v) is 7.54. The fourth-order valence-electron chi connectivity index (χ4n) is 3.00.